The van der Waals surface area contributed by atoms with Crippen molar-refractivity contribution in [3.8, 4) is 0 Å². The zero-order valence-corrected chi connectivity index (χ0v) is 17.9. The van der Waals surface area contributed by atoms with Crippen molar-refractivity contribution in [3.63, 3.8) is 0 Å². The summed E-state index contributed by atoms with van der Waals surface area (Å²) in [5.74, 6) is -0.559. The van der Waals surface area contributed by atoms with Crippen molar-refractivity contribution in [2.75, 3.05) is 0 Å². The molecule has 2 aliphatic rings. The molecule has 154 valence electrons. The van der Waals surface area contributed by atoms with Crippen molar-refractivity contribution in [2.45, 2.75) is 66.4 Å². The van der Waals surface area contributed by atoms with Crippen LogP contribution in [0.2, 0.25) is 0 Å². The van der Waals surface area contributed by atoms with Crippen molar-refractivity contribution in [3.05, 3.63) is 35.5 Å². The van der Waals surface area contributed by atoms with Crippen molar-refractivity contribution in [1.29, 1.82) is 0 Å². The van der Waals surface area contributed by atoms with Gasteiger partial charge >= 0.3 is 5.97 Å². The number of allylic oxidation sites excluding steroid dienone is 3. The van der Waals surface area contributed by atoms with Gasteiger partial charge < -0.3 is 4.74 Å². The van der Waals surface area contributed by atoms with E-state index in [4.69, 9.17) is 4.74 Å². The summed E-state index contributed by atoms with van der Waals surface area (Å²) in [6.07, 6.45) is 7.72. The SMILES string of the molecule is C=C1C[C@H](C(C)=O)[C@H]([C@@H](C)CCC=C(C)C)[C@H]2C(C=O)=CC[C@@H]1C2OC(C)=O. The van der Waals surface area contributed by atoms with Crippen LogP contribution in [-0.2, 0) is 19.1 Å². The van der Waals surface area contributed by atoms with Gasteiger partial charge in [0.2, 0.25) is 0 Å². The van der Waals surface area contributed by atoms with Gasteiger partial charge in [-0.15, -0.1) is 0 Å². The van der Waals surface area contributed by atoms with Crippen LogP contribution in [0.1, 0.15) is 60.3 Å². The van der Waals surface area contributed by atoms with Crippen molar-refractivity contribution in [1.82, 2.24) is 0 Å². The normalized spacial score (nSPS) is 30.5. The number of rotatable bonds is 7. The van der Waals surface area contributed by atoms with E-state index in [-0.39, 0.29) is 41.3 Å². The lowest BCUT2D eigenvalue weighted by atomic mass is 9.65. The zero-order chi connectivity index (χ0) is 21.0. The van der Waals surface area contributed by atoms with E-state index in [9.17, 15) is 14.4 Å². The Hall–Kier alpha value is -1.97. The van der Waals surface area contributed by atoms with Crippen LogP contribution in [0.4, 0.5) is 0 Å². The van der Waals surface area contributed by atoms with Gasteiger partial charge in [0.05, 0.1) is 0 Å². The first-order chi connectivity index (χ1) is 13.2. The molecule has 0 heterocycles. The average molecular weight is 387 g/mol. The number of ketones is 1. The maximum absolute atomic E-state index is 12.6. The number of carbonyl (C=O) groups is 3. The lowest BCUT2D eigenvalue weighted by Crippen LogP contribution is -2.44. The molecule has 0 aliphatic heterocycles. The largest absolute Gasteiger partial charge is 0.461 e. The average Bonchev–Trinajstić information content (AvgIpc) is 2.67. The summed E-state index contributed by atoms with van der Waals surface area (Å²) in [7, 11) is 0. The minimum atomic E-state index is -0.421. The summed E-state index contributed by atoms with van der Waals surface area (Å²) in [4.78, 5) is 36.4. The van der Waals surface area contributed by atoms with Crippen LogP contribution in [0.5, 0.6) is 0 Å². The molecule has 0 aromatic carbocycles. The number of hydrogen-bond donors (Lipinski definition) is 0. The van der Waals surface area contributed by atoms with E-state index in [0.29, 0.717) is 18.4 Å². The van der Waals surface area contributed by atoms with E-state index in [1.165, 1.54) is 12.5 Å². The molecule has 0 saturated heterocycles. The van der Waals surface area contributed by atoms with E-state index in [1.807, 2.05) is 6.08 Å². The second-order valence-electron chi connectivity index (χ2n) is 8.76. The van der Waals surface area contributed by atoms with Crippen LogP contribution in [-0.4, -0.2) is 24.1 Å². The molecule has 2 aliphatic carbocycles. The molecule has 4 nitrogen and oxygen atoms in total. The highest BCUT2D eigenvalue weighted by Gasteiger charge is 2.50. The van der Waals surface area contributed by atoms with Gasteiger partial charge in [-0.25, -0.2) is 0 Å². The van der Waals surface area contributed by atoms with E-state index >= 15 is 0 Å². The van der Waals surface area contributed by atoms with Gasteiger partial charge in [0.1, 0.15) is 18.2 Å². The fourth-order valence-electron chi connectivity index (χ4n) is 5.10. The van der Waals surface area contributed by atoms with E-state index in [1.54, 1.807) is 6.92 Å². The molecule has 0 aromatic heterocycles. The van der Waals surface area contributed by atoms with Crippen LogP contribution in [0.3, 0.4) is 0 Å². The Morgan fingerprint density at radius 2 is 1.96 bits per heavy atom. The molecule has 1 saturated carbocycles. The minimum absolute atomic E-state index is 0.0329. The molecule has 0 N–H and O–H groups in total. The first-order valence-corrected chi connectivity index (χ1v) is 10.3. The first-order valence-electron chi connectivity index (χ1n) is 10.3. The number of ether oxygens (including phenoxy) is 1. The molecule has 28 heavy (non-hydrogen) atoms. The first kappa shape index (κ1) is 22.3. The Morgan fingerprint density at radius 3 is 2.50 bits per heavy atom. The van der Waals surface area contributed by atoms with Gasteiger partial charge in [0.25, 0.3) is 0 Å². The Labute approximate surface area is 169 Å². The molecule has 0 radical (unpaired) electrons. The monoisotopic (exact) mass is 386 g/mol. The number of fused-ring (bicyclic) bond motifs is 2. The smallest absolute Gasteiger partial charge is 0.302 e. The fraction of sp³-hybridized carbons (Fsp3) is 0.625. The fourth-order valence-corrected chi connectivity index (χ4v) is 5.10. The Balaban J connectivity index is 2.51. The number of carbonyl (C=O) groups excluding carboxylic acids is 3. The maximum Gasteiger partial charge on any atom is 0.302 e. The molecular weight excluding hydrogens is 352 g/mol. The number of Topliss-reactive ketones (excluding diaryl/α,β-unsaturated/α-hetero) is 1. The van der Waals surface area contributed by atoms with Crippen LogP contribution >= 0.6 is 0 Å². The number of hydrogen-bond acceptors (Lipinski definition) is 4. The molecule has 2 bridgehead atoms. The molecular formula is C24H34O4. The lowest BCUT2D eigenvalue weighted by Gasteiger charge is -2.41. The van der Waals surface area contributed by atoms with E-state index in [0.717, 1.165) is 24.7 Å². The third kappa shape index (κ3) is 4.89. The molecule has 4 heteroatoms. The van der Waals surface area contributed by atoms with Gasteiger partial charge in [-0.05, 0) is 63.9 Å². The van der Waals surface area contributed by atoms with Crippen molar-refractivity contribution >= 4 is 18.0 Å². The summed E-state index contributed by atoms with van der Waals surface area (Å²) in [6, 6.07) is 0. The van der Waals surface area contributed by atoms with E-state index < -0.39 is 6.10 Å². The quantitative estimate of drug-likeness (QED) is 0.357. The molecule has 2 rings (SSSR count). The predicted octanol–water partition coefficient (Wildman–Crippen LogP) is 4.84. The molecule has 0 amide bonds. The Morgan fingerprint density at radius 1 is 1.29 bits per heavy atom. The summed E-state index contributed by atoms with van der Waals surface area (Å²) < 4.78 is 5.77. The standard InChI is InChI=1S/C24H34O4/c1-14(2)8-7-9-15(3)22-21(17(5)26)12-16(4)20-11-10-19(13-25)23(22)24(20)28-18(6)27/h8,10,13,15,20-24H,4,7,9,11-12H2,1-3,5-6H3/t15-,20-,21+,22-,23+,24?/m0/s1. The van der Waals surface area contributed by atoms with Crippen molar-refractivity contribution in [2.24, 2.45) is 29.6 Å². The third-order valence-corrected chi connectivity index (χ3v) is 6.42. The molecule has 0 aromatic rings. The van der Waals surface area contributed by atoms with Crippen LogP contribution in [0, 0.1) is 29.6 Å². The Kier molecular flexibility index (Phi) is 7.56. The summed E-state index contributed by atoms with van der Waals surface area (Å²) in [5, 5.41) is 0. The third-order valence-electron chi connectivity index (χ3n) is 6.42. The highest BCUT2D eigenvalue weighted by atomic mass is 16.5. The van der Waals surface area contributed by atoms with Gasteiger partial charge in [0.15, 0.2) is 0 Å². The van der Waals surface area contributed by atoms with Crippen LogP contribution in [0.15, 0.2) is 35.5 Å². The van der Waals surface area contributed by atoms with Gasteiger partial charge in [-0.2, -0.15) is 0 Å². The second kappa shape index (κ2) is 9.49. The predicted molar refractivity (Wildman–Crippen MR) is 111 cm³/mol. The van der Waals surface area contributed by atoms with E-state index in [2.05, 4.69) is 33.4 Å². The zero-order valence-electron chi connectivity index (χ0n) is 17.9. The van der Waals surface area contributed by atoms with Gasteiger partial charge in [-0.1, -0.05) is 36.8 Å². The van der Waals surface area contributed by atoms with Crippen LogP contribution in [0.25, 0.3) is 0 Å². The molecule has 0 spiro atoms. The molecule has 1 unspecified atom stereocenters. The highest BCUT2D eigenvalue weighted by molar-refractivity contribution is 5.80. The second-order valence-corrected chi connectivity index (χ2v) is 8.76. The lowest BCUT2D eigenvalue weighted by molar-refractivity contribution is -0.153. The molecule has 1 fully saturated rings. The summed E-state index contributed by atoms with van der Waals surface area (Å²) >= 11 is 0. The summed E-state index contributed by atoms with van der Waals surface area (Å²) in [6.45, 7) is 13.6. The summed E-state index contributed by atoms with van der Waals surface area (Å²) in [5.41, 5.74) is 2.90. The number of esters is 1. The van der Waals surface area contributed by atoms with Crippen molar-refractivity contribution < 1.29 is 19.1 Å². The molecule has 6 atom stereocenters. The van der Waals surface area contributed by atoms with Gasteiger partial charge in [0, 0.05) is 24.7 Å². The van der Waals surface area contributed by atoms with Gasteiger partial charge in [-0.3, -0.25) is 14.4 Å². The highest BCUT2D eigenvalue weighted by Crippen LogP contribution is 2.50. The topological polar surface area (TPSA) is 60.4 Å². The number of aldehydes is 1. The minimum Gasteiger partial charge on any atom is -0.461 e. The maximum atomic E-state index is 12.6. The Bertz CT molecular complexity index is 695. The van der Waals surface area contributed by atoms with Crippen LogP contribution < -0.4 is 0 Å².